The van der Waals surface area contributed by atoms with E-state index in [0.717, 1.165) is 19.5 Å². The van der Waals surface area contributed by atoms with Crippen LogP contribution in [0.5, 0.6) is 0 Å². The van der Waals surface area contributed by atoms with Crippen molar-refractivity contribution in [3.63, 3.8) is 0 Å². The molecule has 0 spiro atoms. The fraction of sp³-hybridized carbons (Fsp3) is 0.941. The van der Waals surface area contributed by atoms with E-state index in [0.29, 0.717) is 5.92 Å². The third-order valence-corrected chi connectivity index (χ3v) is 6.06. The average Bonchev–Trinajstić information content (AvgIpc) is 3.14. The largest absolute Gasteiger partial charge is 0.381 e. The maximum absolute atomic E-state index is 13.2. The quantitative estimate of drug-likeness (QED) is 0.815. The number of amides is 1. The zero-order valence-electron chi connectivity index (χ0n) is 15.0. The van der Waals surface area contributed by atoms with E-state index in [4.69, 9.17) is 4.74 Å². The van der Waals surface area contributed by atoms with Crippen molar-refractivity contribution in [3.05, 3.63) is 0 Å². The van der Waals surface area contributed by atoms with Gasteiger partial charge in [0.05, 0.1) is 12.1 Å². The molecule has 6 heteroatoms. The zero-order chi connectivity index (χ0) is 16.6. The topological polar surface area (TPSA) is 56.8 Å². The van der Waals surface area contributed by atoms with Gasteiger partial charge in [-0.25, -0.2) is 10.4 Å². The summed E-state index contributed by atoms with van der Waals surface area (Å²) in [4.78, 5) is 15.2. The average molecular weight is 324 g/mol. The minimum Gasteiger partial charge on any atom is -0.381 e. The second kappa shape index (κ2) is 6.67. The summed E-state index contributed by atoms with van der Waals surface area (Å²) >= 11 is 0. The predicted octanol–water partition coefficient (Wildman–Crippen LogP) is 1.14. The molecule has 3 fully saturated rings. The first-order valence-corrected chi connectivity index (χ1v) is 8.99. The molecular weight excluding hydrogens is 292 g/mol. The van der Waals surface area contributed by atoms with E-state index in [1.165, 1.54) is 25.7 Å². The van der Waals surface area contributed by atoms with Crippen molar-refractivity contribution in [2.45, 2.75) is 64.1 Å². The molecule has 2 heterocycles. The second-order valence-corrected chi connectivity index (χ2v) is 8.14. The molecule has 3 rings (SSSR count). The van der Waals surface area contributed by atoms with Gasteiger partial charge in [0.15, 0.2) is 0 Å². The molecule has 0 radical (unpaired) electrons. The Bertz CT molecular complexity index is 436. The number of nitrogens with one attached hydrogen (secondary N) is 2. The van der Waals surface area contributed by atoms with Crippen LogP contribution in [0.1, 0.15) is 46.0 Å². The molecule has 1 saturated carbocycles. The summed E-state index contributed by atoms with van der Waals surface area (Å²) in [6.45, 7) is 5.95. The number of piperidine rings is 1. The van der Waals surface area contributed by atoms with Crippen molar-refractivity contribution < 1.29 is 9.53 Å². The molecule has 0 bridgehead atoms. The highest BCUT2D eigenvalue weighted by Crippen LogP contribution is 2.35. The van der Waals surface area contributed by atoms with Crippen LogP contribution in [0.2, 0.25) is 0 Å². The summed E-state index contributed by atoms with van der Waals surface area (Å²) < 4.78 is 5.61. The normalized spacial score (nSPS) is 35.8. The van der Waals surface area contributed by atoms with E-state index in [1.54, 1.807) is 7.11 Å². The van der Waals surface area contributed by atoms with Gasteiger partial charge in [-0.1, -0.05) is 26.7 Å². The molecular formula is C17H32N4O2. The van der Waals surface area contributed by atoms with E-state index in [1.807, 2.05) is 11.9 Å². The lowest BCUT2D eigenvalue weighted by Gasteiger charge is -2.44. The predicted molar refractivity (Wildman–Crippen MR) is 89.3 cm³/mol. The Morgan fingerprint density at radius 2 is 1.91 bits per heavy atom. The molecule has 3 aliphatic rings. The summed E-state index contributed by atoms with van der Waals surface area (Å²) in [6.07, 6.45) is 6.21. The van der Waals surface area contributed by atoms with Crippen LogP contribution in [-0.2, 0) is 9.53 Å². The molecule has 0 aromatic carbocycles. The monoisotopic (exact) mass is 324 g/mol. The smallest absolute Gasteiger partial charge is 0.242 e. The third-order valence-electron chi connectivity index (χ3n) is 6.06. The fourth-order valence-corrected chi connectivity index (χ4v) is 4.81. The zero-order valence-corrected chi connectivity index (χ0v) is 15.0. The first-order chi connectivity index (χ1) is 10.9. The lowest BCUT2D eigenvalue weighted by molar-refractivity contribution is -0.142. The second-order valence-electron chi connectivity index (χ2n) is 8.14. The van der Waals surface area contributed by atoms with Crippen LogP contribution in [0.3, 0.4) is 0 Å². The van der Waals surface area contributed by atoms with E-state index in [-0.39, 0.29) is 29.5 Å². The van der Waals surface area contributed by atoms with Gasteiger partial charge in [-0.3, -0.25) is 4.79 Å². The SMILES string of the molecule is CO[C@@H]1CCN(C(=O)C2NNN(C)C2C2CCCC2)CC1(C)C. The molecule has 3 atom stereocenters. The molecule has 23 heavy (non-hydrogen) atoms. The minimum atomic E-state index is -0.141. The Balaban J connectivity index is 1.69. The molecule has 1 amide bonds. The summed E-state index contributed by atoms with van der Waals surface area (Å²) in [5.41, 5.74) is 6.41. The Labute approximate surface area is 139 Å². The van der Waals surface area contributed by atoms with Crippen molar-refractivity contribution in [2.24, 2.45) is 11.3 Å². The Kier molecular flexibility index (Phi) is 4.97. The minimum absolute atomic E-state index is 0.00342. The van der Waals surface area contributed by atoms with Gasteiger partial charge < -0.3 is 9.64 Å². The first-order valence-electron chi connectivity index (χ1n) is 8.99. The van der Waals surface area contributed by atoms with Gasteiger partial charge in [0.2, 0.25) is 5.91 Å². The van der Waals surface area contributed by atoms with Crippen molar-refractivity contribution >= 4 is 5.91 Å². The number of hydrogen-bond donors (Lipinski definition) is 2. The van der Waals surface area contributed by atoms with Crippen molar-refractivity contribution in [3.8, 4) is 0 Å². The van der Waals surface area contributed by atoms with Crippen molar-refractivity contribution in [1.29, 1.82) is 0 Å². The number of methoxy groups -OCH3 is 1. The summed E-state index contributed by atoms with van der Waals surface area (Å²) in [5.74, 6) is 0.849. The van der Waals surface area contributed by atoms with Crippen LogP contribution < -0.4 is 11.0 Å². The van der Waals surface area contributed by atoms with Gasteiger partial charge in [-0.2, -0.15) is 5.53 Å². The molecule has 0 aromatic rings. The van der Waals surface area contributed by atoms with Crippen molar-refractivity contribution in [1.82, 2.24) is 20.9 Å². The molecule has 2 unspecified atom stereocenters. The molecule has 6 nitrogen and oxygen atoms in total. The number of hydrogen-bond acceptors (Lipinski definition) is 5. The maximum Gasteiger partial charge on any atom is 0.242 e. The van der Waals surface area contributed by atoms with Crippen LogP contribution in [0.25, 0.3) is 0 Å². The summed E-state index contributed by atoms with van der Waals surface area (Å²) in [5, 5.41) is 2.10. The van der Waals surface area contributed by atoms with Gasteiger partial charge in [-0.15, -0.1) is 0 Å². The molecule has 2 saturated heterocycles. The molecule has 2 aliphatic heterocycles. The molecule has 1 aliphatic carbocycles. The van der Waals surface area contributed by atoms with Crippen LogP contribution in [0.4, 0.5) is 0 Å². The van der Waals surface area contributed by atoms with Gasteiger partial charge in [0, 0.05) is 32.7 Å². The van der Waals surface area contributed by atoms with E-state index in [2.05, 4.69) is 29.8 Å². The van der Waals surface area contributed by atoms with Crippen LogP contribution >= 0.6 is 0 Å². The Morgan fingerprint density at radius 3 is 2.52 bits per heavy atom. The number of likely N-dealkylation sites (tertiary alicyclic amines) is 1. The van der Waals surface area contributed by atoms with Gasteiger partial charge in [-0.05, 0) is 25.2 Å². The van der Waals surface area contributed by atoms with E-state index in [9.17, 15) is 4.79 Å². The fourth-order valence-electron chi connectivity index (χ4n) is 4.81. The summed E-state index contributed by atoms with van der Waals surface area (Å²) in [6, 6.07) is 0.117. The molecule has 132 valence electrons. The lowest BCUT2D eigenvalue weighted by atomic mass is 9.80. The Hall–Kier alpha value is -0.690. The number of likely N-dealkylation sites (N-methyl/N-ethyl adjacent to an activating group) is 1. The molecule has 0 aromatic heterocycles. The van der Waals surface area contributed by atoms with Gasteiger partial charge in [0.25, 0.3) is 0 Å². The van der Waals surface area contributed by atoms with Crippen LogP contribution in [0.15, 0.2) is 0 Å². The number of hydrazine groups is 2. The van der Waals surface area contributed by atoms with Crippen LogP contribution in [-0.4, -0.2) is 61.3 Å². The van der Waals surface area contributed by atoms with Crippen molar-refractivity contribution in [2.75, 3.05) is 27.2 Å². The number of rotatable bonds is 3. The highest BCUT2D eigenvalue weighted by atomic mass is 16.5. The highest BCUT2D eigenvalue weighted by Gasteiger charge is 2.46. The Morgan fingerprint density at radius 1 is 1.22 bits per heavy atom. The number of carbonyl (C=O) groups excluding carboxylic acids is 1. The highest BCUT2D eigenvalue weighted by molar-refractivity contribution is 5.83. The number of carbonyl (C=O) groups is 1. The lowest BCUT2D eigenvalue weighted by Crippen LogP contribution is -2.57. The third kappa shape index (κ3) is 3.27. The number of ether oxygens (including phenoxy) is 1. The molecule has 2 N–H and O–H groups in total. The van der Waals surface area contributed by atoms with Gasteiger partial charge in [0.1, 0.15) is 6.04 Å². The van der Waals surface area contributed by atoms with E-state index >= 15 is 0 Å². The maximum atomic E-state index is 13.2. The summed E-state index contributed by atoms with van der Waals surface area (Å²) in [7, 11) is 3.82. The van der Waals surface area contributed by atoms with Gasteiger partial charge >= 0.3 is 0 Å². The number of nitrogens with zero attached hydrogens (tertiary/aromatic N) is 2. The van der Waals surface area contributed by atoms with E-state index < -0.39 is 0 Å². The first kappa shape index (κ1) is 17.1. The standard InChI is InChI=1S/C17H32N4O2/c1-17(2)11-21(10-9-13(17)23-4)16(22)14-15(20(3)19-18-14)12-7-5-6-8-12/h12-15,18-19H,5-11H2,1-4H3/t13-,14?,15?/m1/s1. The van der Waals surface area contributed by atoms with Crippen LogP contribution in [0, 0.1) is 11.3 Å².